The highest BCUT2D eigenvalue weighted by Crippen LogP contribution is 2.27. The van der Waals surface area contributed by atoms with Gasteiger partial charge in [-0.3, -0.25) is 0 Å². The van der Waals surface area contributed by atoms with Crippen molar-refractivity contribution in [2.24, 2.45) is 0 Å². The highest BCUT2D eigenvalue weighted by atomic mass is 35.5. The number of nitrogens with zero attached hydrogens (tertiary/aromatic N) is 2. The maximum absolute atomic E-state index is 6.17. The van der Waals surface area contributed by atoms with E-state index in [0.717, 1.165) is 16.9 Å². The molecule has 0 saturated heterocycles. The van der Waals surface area contributed by atoms with Crippen molar-refractivity contribution >= 4 is 34.8 Å². The van der Waals surface area contributed by atoms with Crippen molar-refractivity contribution < 1.29 is 0 Å². The van der Waals surface area contributed by atoms with E-state index in [2.05, 4.69) is 5.10 Å². The Balaban J connectivity index is 2.59. The van der Waals surface area contributed by atoms with Crippen molar-refractivity contribution in [3.05, 3.63) is 44.7 Å². The van der Waals surface area contributed by atoms with Gasteiger partial charge in [0.15, 0.2) is 0 Å². The molecule has 16 heavy (non-hydrogen) atoms. The average Bonchev–Trinajstić information content (AvgIpc) is 2.50. The van der Waals surface area contributed by atoms with Crippen molar-refractivity contribution in [3.63, 3.8) is 0 Å². The molecule has 0 aliphatic rings. The average molecular weight is 276 g/mol. The van der Waals surface area contributed by atoms with Gasteiger partial charge in [0.2, 0.25) is 0 Å². The van der Waals surface area contributed by atoms with E-state index in [0.29, 0.717) is 15.2 Å². The van der Waals surface area contributed by atoms with Crippen LogP contribution in [-0.4, -0.2) is 9.78 Å². The van der Waals surface area contributed by atoms with Crippen molar-refractivity contribution in [1.82, 2.24) is 9.78 Å². The summed E-state index contributed by atoms with van der Waals surface area (Å²) in [6.45, 7) is 3.84. The number of benzene rings is 1. The molecule has 1 aromatic heterocycles. The SMILES string of the molecule is Cc1nn(-c2ccc(Cl)c(Cl)c2)c(Cl)c1C. The summed E-state index contributed by atoms with van der Waals surface area (Å²) in [5.74, 6) is 0. The van der Waals surface area contributed by atoms with Crippen LogP contribution in [0.5, 0.6) is 0 Å². The Hall–Kier alpha value is -0.700. The molecule has 0 radical (unpaired) electrons. The number of halogens is 3. The zero-order valence-electron chi connectivity index (χ0n) is 8.76. The van der Waals surface area contributed by atoms with Gasteiger partial charge in [-0.2, -0.15) is 5.10 Å². The van der Waals surface area contributed by atoms with Crippen LogP contribution in [0, 0.1) is 13.8 Å². The lowest BCUT2D eigenvalue weighted by Crippen LogP contribution is -1.96. The summed E-state index contributed by atoms with van der Waals surface area (Å²) < 4.78 is 1.65. The molecule has 84 valence electrons. The van der Waals surface area contributed by atoms with Crippen LogP contribution in [-0.2, 0) is 0 Å². The highest BCUT2D eigenvalue weighted by Gasteiger charge is 2.11. The minimum absolute atomic E-state index is 0.487. The Kier molecular flexibility index (Phi) is 3.15. The largest absolute Gasteiger partial charge is 0.222 e. The lowest BCUT2D eigenvalue weighted by atomic mass is 10.3. The van der Waals surface area contributed by atoms with Gasteiger partial charge in [0.1, 0.15) is 5.15 Å². The maximum atomic E-state index is 6.17. The zero-order valence-corrected chi connectivity index (χ0v) is 11.0. The van der Waals surface area contributed by atoms with E-state index in [-0.39, 0.29) is 0 Å². The van der Waals surface area contributed by atoms with Gasteiger partial charge in [-0.1, -0.05) is 34.8 Å². The van der Waals surface area contributed by atoms with Crippen molar-refractivity contribution in [2.75, 3.05) is 0 Å². The van der Waals surface area contributed by atoms with Gasteiger partial charge in [0.25, 0.3) is 0 Å². The molecule has 0 bridgehead atoms. The molecule has 0 spiro atoms. The molecule has 0 unspecified atom stereocenters. The van der Waals surface area contributed by atoms with Crippen molar-refractivity contribution in [3.8, 4) is 5.69 Å². The van der Waals surface area contributed by atoms with Gasteiger partial charge < -0.3 is 0 Å². The first-order valence-electron chi connectivity index (χ1n) is 4.68. The topological polar surface area (TPSA) is 17.8 Å². The summed E-state index contributed by atoms with van der Waals surface area (Å²) in [6.07, 6.45) is 0. The second kappa shape index (κ2) is 4.28. The summed E-state index contributed by atoms with van der Waals surface area (Å²) >= 11 is 18.0. The number of hydrogen-bond acceptors (Lipinski definition) is 1. The van der Waals surface area contributed by atoms with Crippen LogP contribution in [0.4, 0.5) is 0 Å². The second-order valence-electron chi connectivity index (χ2n) is 3.51. The molecule has 2 aromatic rings. The van der Waals surface area contributed by atoms with Gasteiger partial charge in [0.05, 0.1) is 21.4 Å². The lowest BCUT2D eigenvalue weighted by molar-refractivity contribution is 0.863. The van der Waals surface area contributed by atoms with Crippen LogP contribution in [0.3, 0.4) is 0 Å². The molecular formula is C11H9Cl3N2. The summed E-state index contributed by atoms with van der Waals surface area (Å²) in [5.41, 5.74) is 2.67. The first-order valence-corrected chi connectivity index (χ1v) is 5.81. The summed E-state index contributed by atoms with van der Waals surface area (Å²) in [7, 11) is 0. The van der Waals surface area contributed by atoms with Gasteiger partial charge in [0, 0.05) is 5.56 Å². The van der Waals surface area contributed by atoms with Crippen LogP contribution in [0.1, 0.15) is 11.3 Å². The Morgan fingerprint density at radius 1 is 1.06 bits per heavy atom. The molecular weight excluding hydrogens is 266 g/mol. The maximum Gasteiger partial charge on any atom is 0.136 e. The fraction of sp³-hybridized carbons (Fsp3) is 0.182. The van der Waals surface area contributed by atoms with E-state index in [9.17, 15) is 0 Å². The standard InChI is InChI=1S/C11H9Cl3N2/c1-6-7(2)15-16(11(6)14)8-3-4-9(12)10(13)5-8/h3-5H,1-2H3. The van der Waals surface area contributed by atoms with Gasteiger partial charge in [-0.05, 0) is 32.0 Å². The third-order valence-electron chi connectivity index (χ3n) is 2.44. The predicted molar refractivity (Wildman–Crippen MR) is 68.1 cm³/mol. The monoisotopic (exact) mass is 274 g/mol. The Morgan fingerprint density at radius 3 is 2.25 bits per heavy atom. The Bertz CT molecular complexity index is 546. The van der Waals surface area contributed by atoms with Crippen molar-refractivity contribution in [1.29, 1.82) is 0 Å². The molecule has 0 fully saturated rings. The number of aromatic nitrogens is 2. The molecule has 5 heteroatoms. The first kappa shape index (κ1) is 11.8. The van der Waals surface area contributed by atoms with E-state index < -0.39 is 0 Å². The second-order valence-corrected chi connectivity index (χ2v) is 4.68. The fourth-order valence-electron chi connectivity index (χ4n) is 1.36. The molecule has 2 rings (SSSR count). The van der Waals surface area contributed by atoms with Gasteiger partial charge >= 0.3 is 0 Å². The Morgan fingerprint density at radius 2 is 1.75 bits per heavy atom. The molecule has 0 saturated carbocycles. The van der Waals surface area contributed by atoms with Crippen LogP contribution in [0.15, 0.2) is 18.2 Å². The Labute approximate surface area is 109 Å². The van der Waals surface area contributed by atoms with E-state index in [1.165, 1.54) is 0 Å². The van der Waals surface area contributed by atoms with Gasteiger partial charge in [-0.15, -0.1) is 0 Å². The van der Waals surface area contributed by atoms with Gasteiger partial charge in [-0.25, -0.2) is 4.68 Å². The molecule has 0 aliphatic heterocycles. The molecule has 0 amide bonds. The summed E-state index contributed by atoms with van der Waals surface area (Å²) in [5, 5.41) is 5.93. The van der Waals surface area contributed by atoms with E-state index >= 15 is 0 Å². The normalized spacial score (nSPS) is 10.8. The van der Waals surface area contributed by atoms with Crippen LogP contribution >= 0.6 is 34.8 Å². The predicted octanol–water partition coefficient (Wildman–Crippen LogP) is 4.45. The lowest BCUT2D eigenvalue weighted by Gasteiger charge is -2.04. The molecule has 2 nitrogen and oxygen atoms in total. The van der Waals surface area contributed by atoms with Crippen molar-refractivity contribution in [2.45, 2.75) is 13.8 Å². The quantitative estimate of drug-likeness (QED) is 0.752. The third kappa shape index (κ3) is 1.93. The molecule has 0 atom stereocenters. The number of rotatable bonds is 1. The van der Waals surface area contributed by atoms with Crippen LogP contribution in [0.25, 0.3) is 5.69 Å². The zero-order chi connectivity index (χ0) is 11.9. The molecule has 1 heterocycles. The van der Waals surface area contributed by atoms with Crippen LogP contribution in [0.2, 0.25) is 15.2 Å². The van der Waals surface area contributed by atoms with E-state index in [1.807, 2.05) is 19.9 Å². The number of hydrogen-bond donors (Lipinski definition) is 0. The fourth-order valence-corrected chi connectivity index (χ4v) is 1.93. The smallest absolute Gasteiger partial charge is 0.136 e. The minimum Gasteiger partial charge on any atom is -0.222 e. The molecule has 0 N–H and O–H groups in total. The number of aryl methyl sites for hydroxylation is 1. The third-order valence-corrected chi connectivity index (χ3v) is 3.62. The van der Waals surface area contributed by atoms with Crippen LogP contribution < -0.4 is 0 Å². The minimum atomic E-state index is 0.487. The van der Waals surface area contributed by atoms with E-state index in [1.54, 1.807) is 16.8 Å². The first-order chi connectivity index (χ1) is 7.50. The summed E-state index contributed by atoms with van der Waals surface area (Å²) in [4.78, 5) is 0. The molecule has 0 aliphatic carbocycles. The summed E-state index contributed by atoms with van der Waals surface area (Å²) in [6, 6.07) is 5.29. The molecule has 1 aromatic carbocycles. The highest BCUT2D eigenvalue weighted by molar-refractivity contribution is 6.42. The van der Waals surface area contributed by atoms with E-state index in [4.69, 9.17) is 34.8 Å².